The van der Waals surface area contributed by atoms with Gasteiger partial charge in [0.25, 0.3) is 0 Å². The summed E-state index contributed by atoms with van der Waals surface area (Å²) in [6, 6.07) is 17.3. The summed E-state index contributed by atoms with van der Waals surface area (Å²) in [4.78, 5) is 12.5. The Morgan fingerprint density at radius 2 is 1.90 bits per heavy atom. The Labute approximate surface area is 172 Å². The van der Waals surface area contributed by atoms with Crippen LogP contribution >= 0.6 is 7.37 Å². The summed E-state index contributed by atoms with van der Waals surface area (Å²) in [6.07, 6.45) is 1.92. The van der Waals surface area contributed by atoms with E-state index in [1.807, 2.05) is 68.4 Å². The number of benzene rings is 2. The Hall–Kier alpha value is -2.36. The molecule has 1 N–H and O–H groups in total. The van der Waals surface area contributed by atoms with Gasteiger partial charge in [0, 0.05) is 5.92 Å². The highest BCUT2D eigenvalue weighted by molar-refractivity contribution is 7.60. The molecule has 0 radical (unpaired) electrons. The molecule has 0 saturated heterocycles. The summed E-state index contributed by atoms with van der Waals surface area (Å²) < 4.78 is 25.2. The number of ether oxygens (including phenoxy) is 1. The first kappa shape index (κ1) is 21.4. The van der Waals surface area contributed by atoms with E-state index in [4.69, 9.17) is 9.26 Å². The van der Waals surface area contributed by atoms with Gasteiger partial charge in [-0.25, -0.2) is 4.79 Å². The van der Waals surface area contributed by atoms with Crippen molar-refractivity contribution in [3.63, 3.8) is 0 Å². The molecule has 3 rings (SSSR count). The monoisotopic (exact) mass is 413 g/mol. The van der Waals surface area contributed by atoms with Crippen molar-refractivity contribution in [2.45, 2.75) is 38.3 Å². The Kier molecular flexibility index (Phi) is 6.61. The molecule has 0 heterocycles. The normalized spacial score (nSPS) is 22.3. The number of carbonyl (C=O) groups is 1. The Bertz CT molecular complexity index is 897. The van der Waals surface area contributed by atoms with Crippen molar-refractivity contribution in [2.24, 2.45) is 5.92 Å². The molecule has 1 aliphatic rings. The average Bonchev–Trinajstić information content (AvgIpc) is 3.44. The molecule has 0 aromatic heterocycles. The van der Waals surface area contributed by atoms with Crippen LogP contribution < -0.4 is 5.32 Å². The number of rotatable bonds is 9. The first-order valence-electron chi connectivity index (χ1n) is 9.83. The lowest BCUT2D eigenvalue weighted by Gasteiger charge is -2.29. The maximum atomic E-state index is 14.0. The van der Waals surface area contributed by atoms with Gasteiger partial charge in [-0.05, 0) is 31.4 Å². The van der Waals surface area contributed by atoms with E-state index < -0.39 is 18.7 Å². The van der Waals surface area contributed by atoms with Crippen LogP contribution in [0, 0.1) is 12.8 Å². The molecule has 0 spiro atoms. The van der Waals surface area contributed by atoms with Gasteiger partial charge < -0.3 is 14.6 Å². The van der Waals surface area contributed by atoms with Gasteiger partial charge in [-0.2, -0.15) is 0 Å². The predicted octanol–water partition coefficient (Wildman–Crippen LogP) is 5.64. The highest BCUT2D eigenvalue weighted by atomic mass is 31.2. The molecule has 154 valence electrons. The molecule has 5 nitrogen and oxygen atoms in total. The highest BCUT2D eigenvalue weighted by Gasteiger charge is 2.66. The van der Waals surface area contributed by atoms with Crippen molar-refractivity contribution < 1.29 is 18.6 Å². The number of alkyl carbamates (subject to hydrolysis) is 1. The van der Waals surface area contributed by atoms with Crippen LogP contribution in [0.4, 0.5) is 4.79 Å². The van der Waals surface area contributed by atoms with E-state index in [0.29, 0.717) is 13.0 Å². The summed E-state index contributed by atoms with van der Waals surface area (Å²) in [5.74, 6) is -0.116. The second-order valence-electron chi connectivity index (χ2n) is 7.39. The number of carbonyl (C=O) groups excluding carboxylic acids is 1. The molecule has 1 amide bonds. The van der Waals surface area contributed by atoms with E-state index in [1.54, 1.807) is 6.08 Å². The third-order valence-corrected chi connectivity index (χ3v) is 8.56. The maximum Gasteiger partial charge on any atom is 0.408 e. The standard InChI is InChI=1S/C23H28NO4P/c1-4-21-15-23(21,24-22(25)27-16-19-9-7-6-8-10-19)29(26,28-5-2)17-20-13-11-18(3)12-14-20/h4,6-14,21H,1,5,15-17H2,2-3H3,(H,24,25). The zero-order valence-corrected chi connectivity index (χ0v) is 17.9. The fourth-order valence-electron chi connectivity index (χ4n) is 3.56. The molecule has 0 bridgehead atoms. The quantitative estimate of drug-likeness (QED) is 0.427. The minimum absolute atomic E-state index is 0.116. The number of amides is 1. The van der Waals surface area contributed by atoms with Gasteiger partial charge in [0.2, 0.25) is 7.37 Å². The smallest absolute Gasteiger partial charge is 0.408 e. The van der Waals surface area contributed by atoms with Crippen LogP contribution in [0.15, 0.2) is 67.3 Å². The molecule has 3 unspecified atom stereocenters. The summed E-state index contributed by atoms with van der Waals surface area (Å²) in [7, 11) is -3.25. The molecule has 1 fully saturated rings. The molecule has 6 heteroatoms. The molecule has 0 aliphatic heterocycles. The van der Waals surface area contributed by atoms with Crippen LogP contribution in [0.25, 0.3) is 0 Å². The second kappa shape index (κ2) is 8.98. The molecular weight excluding hydrogens is 385 g/mol. The molecule has 29 heavy (non-hydrogen) atoms. The van der Waals surface area contributed by atoms with E-state index in [9.17, 15) is 9.36 Å². The molecule has 1 aliphatic carbocycles. The SMILES string of the molecule is C=CC1CC1(NC(=O)OCc1ccccc1)P(=O)(Cc1ccc(C)cc1)OCC. The van der Waals surface area contributed by atoms with E-state index in [2.05, 4.69) is 11.9 Å². The first-order valence-corrected chi connectivity index (χ1v) is 11.6. The van der Waals surface area contributed by atoms with E-state index in [1.165, 1.54) is 0 Å². The minimum atomic E-state index is -3.25. The van der Waals surface area contributed by atoms with Crippen LogP contribution in [0.5, 0.6) is 0 Å². The molecule has 2 aromatic rings. The van der Waals surface area contributed by atoms with E-state index in [-0.39, 0.29) is 18.7 Å². The average molecular weight is 413 g/mol. The predicted molar refractivity (Wildman–Crippen MR) is 115 cm³/mol. The Morgan fingerprint density at radius 1 is 1.21 bits per heavy atom. The molecule has 1 saturated carbocycles. The van der Waals surface area contributed by atoms with Gasteiger partial charge in [0.1, 0.15) is 11.9 Å². The van der Waals surface area contributed by atoms with Crippen molar-refractivity contribution in [1.29, 1.82) is 0 Å². The fourth-order valence-corrected chi connectivity index (χ4v) is 6.62. The summed E-state index contributed by atoms with van der Waals surface area (Å²) in [6.45, 7) is 8.11. The number of hydrogen-bond acceptors (Lipinski definition) is 4. The molecule has 3 atom stereocenters. The highest BCUT2D eigenvalue weighted by Crippen LogP contribution is 2.73. The zero-order chi connectivity index (χ0) is 20.9. The van der Waals surface area contributed by atoms with Gasteiger partial charge in [-0.3, -0.25) is 4.57 Å². The van der Waals surface area contributed by atoms with Gasteiger partial charge in [0.05, 0.1) is 12.8 Å². The van der Waals surface area contributed by atoms with E-state index in [0.717, 1.165) is 16.7 Å². The number of aryl methyl sites for hydroxylation is 1. The Balaban J connectivity index is 1.77. The van der Waals surface area contributed by atoms with Gasteiger partial charge in [-0.1, -0.05) is 66.2 Å². The third-order valence-electron chi connectivity index (χ3n) is 5.26. The van der Waals surface area contributed by atoms with Gasteiger partial charge >= 0.3 is 6.09 Å². The number of nitrogens with one attached hydrogen (secondary N) is 1. The van der Waals surface area contributed by atoms with Crippen molar-refractivity contribution in [1.82, 2.24) is 5.32 Å². The lowest BCUT2D eigenvalue weighted by atomic mass is 10.2. The zero-order valence-electron chi connectivity index (χ0n) is 17.0. The lowest BCUT2D eigenvalue weighted by Crippen LogP contribution is -2.39. The topological polar surface area (TPSA) is 64.6 Å². The van der Waals surface area contributed by atoms with Gasteiger partial charge in [0.15, 0.2) is 0 Å². The maximum absolute atomic E-state index is 14.0. The van der Waals surface area contributed by atoms with Crippen LogP contribution in [0.1, 0.15) is 30.0 Å². The van der Waals surface area contributed by atoms with Crippen molar-refractivity contribution in [3.05, 3.63) is 83.9 Å². The summed E-state index contributed by atoms with van der Waals surface area (Å²) in [5, 5.41) is 1.91. The summed E-state index contributed by atoms with van der Waals surface area (Å²) in [5.41, 5.74) is 2.94. The fraction of sp³-hybridized carbons (Fsp3) is 0.348. The lowest BCUT2D eigenvalue weighted by molar-refractivity contribution is 0.136. The largest absolute Gasteiger partial charge is 0.445 e. The number of hydrogen-bond donors (Lipinski definition) is 1. The minimum Gasteiger partial charge on any atom is -0.445 e. The Morgan fingerprint density at radius 3 is 2.48 bits per heavy atom. The van der Waals surface area contributed by atoms with Crippen molar-refractivity contribution in [3.8, 4) is 0 Å². The van der Waals surface area contributed by atoms with Crippen molar-refractivity contribution >= 4 is 13.5 Å². The van der Waals surface area contributed by atoms with Crippen LogP contribution in [0.2, 0.25) is 0 Å². The first-order chi connectivity index (χ1) is 13.9. The van der Waals surface area contributed by atoms with Crippen molar-refractivity contribution in [2.75, 3.05) is 6.61 Å². The van der Waals surface area contributed by atoms with Gasteiger partial charge in [-0.15, -0.1) is 6.58 Å². The summed E-state index contributed by atoms with van der Waals surface area (Å²) >= 11 is 0. The van der Waals surface area contributed by atoms with E-state index >= 15 is 0 Å². The van der Waals surface area contributed by atoms with Crippen LogP contribution in [-0.2, 0) is 26.6 Å². The molecule has 2 aromatic carbocycles. The molecular formula is C23H28NO4P. The third kappa shape index (κ3) is 4.80. The van der Waals surface area contributed by atoms with Crippen LogP contribution in [-0.4, -0.2) is 18.0 Å². The van der Waals surface area contributed by atoms with Crippen LogP contribution in [0.3, 0.4) is 0 Å². The second-order valence-corrected chi connectivity index (χ2v) is 10.1.